The maximum absolute atomic E-state index is 12.5. The third-order valence-electron chi connectivity index (χ3n) is 6.72. The number of imide groups is 1. The van der Waals surface area contributed by atoms with Crippen molar-refractivity contribution in [3.05, 3.63) is 29.3 Å². The zero-order valence-corrected chi connectivity index (χ0v) is 17.3. The predicted octanol–water partition coefficient (Wildman–Crippen LogP) is 3.56. The molecule has 3 aliphatic rings. The summed E-state index contributed by atoms with van der Waals surface area (Å²) in [5.41, 5.74) is 1.18. The lowest BCUT2D eigenvalue weighted by Gasteiger charge is -2.38. The molecule has 0 atom stereocenters. The molecule has 2 heterocycles. The summed E-state index contributed by atoms with van der Waals surface area (Å²) < 4.78 is 0. The minimum Gasteiger partial charge on any atom is -0.369 e. The summed E-state index contributed by atoms with van der Waals surface area (Å²) in [7, 11) is 0. The standard InChI is InChI=1S/C22H30ClN3O2/c23-18-5-3-6-19(15-18)25-13-11-24(12-14-25)9-4-10-26-20(27)16-22(17-21(26)28)7-1-2-8-22/h3,5-6,15H,1-2,4,7-14,16-17H2. The molecule has 1 saturated carbocycles. The second kappa shape index (κ2) is 8.42. The number of rotatable bonds is 5. The molecule has 1 spiro atoms. The molecule has 0 bridgehead atoms. The van der Waals surface area contributed by atoms with Crippen molar-refractivity contribution in [1.82, 2.24) is 9.80 Å². The summed E-state index contributed by atoms with van der Waals surface area (Å²) in [5, 5.41) is 0.773. The SMILES string of the molecule is O=C1CC2(CCCC2)CC(=O)N1CCCN1CCN(c2cccc(Cl)c2)CC1. The zero-order valence-electron chi connectivity index (χ0n) is 16.5. The second-order valence-corrected chi connectivity index (χ2v) is 9.10. The first-order valence-corrected chi connectivity index (χ1v) is 11.0. The van der Waals surface area contributed by atoms with E-state index in [2.05, 4.69) is 15.9 Å². The molecule has 0 aromatic heterocycles. The van der Waals surface area contributed by atoms with E-state index in [0.717, 1.165) is 57.0 Å². The number of halogens is 1. The van der Waals surface area contributed by atoms with Gasteiger partial charge in [0.1, 0.15) is 0 Å². The van der Waals surface area contributed by atoms with E-state index in [0.29, 0.717) is 19.4 Å². The molecule has 0 radical (unpaired) electrons. The minimum atomic E-state index is 0.00132. The lowest BCUT2D eigenvalue weighted by atomic mass is 9.76. The van der Waals surface area contributed by atoms with Crippen LogP contribution in [-0.2, 0) is 9.59 Å². The molecule has 6 heteroatoms. The summed E-state index contributed by atoms with van der Waals surface area (Å²) in [6.07, 6.45) is 6.46. The first kappa shape index (κ1) is 19.7. The topological polar surface area (TPSA) is 43.9 Å². The van der Waals surface area contributed by atoms with Crippen LogP contribution in [-0.4, -0.2) is 60.9 Å². The highest BCUT2D eigenvalue weighted by molar-refractivity contribution is 6.30. The molecule has 2 saturated heterocycles. The second-order valence-electron chi connectivity index (χ2n) is 8.66. The number of carbonyl (C=O) groups is 2. The highest BCUT2D eigenvalue weighted by Gasteiger charge is 2.44. The zero-order chi connectivity index (χ0) is 19.6. The highest BCUT2D eigenvalue weighted by Crippen LogP contribution is 2.46. The maximum atomic E-state index is 12.5. The molecule has 5 nitrogen and oxygen atoms in total. The van der Waals surface area contributed by atoms with Crippen LogP contribution in [0.4, 0.5) is 5.69 Å². The molecule has 2 amide bonds. The van der Waals surface area contributed by atoms with Gasteiger partial charge in [-0.15, -0.1) is 0 Å². The smallest absolute Gasteiger partial charge is 0.229 e. The van der Waals surface area contributed by atoms with Crippen LogP contribution in [0.5, 0.6) is 0 Å². The molecular formula is C22H30ClN3O2. The summed E-state index contributed by atoms with van der Waals surface area (Å²) >= 11 is 6.10. The van der Waals surface area contributed by atoms with E-state index < -0.39 is 0 Å². The van der Waals surface area contributed by atoms with Gasteiger partial charge in [0.15, 0.2) is 0 Å². The van der Waals surface area contributed by atoms with Crippen LogP contribution >= 0.6 is 11.6 Å². The van der Waals surface area contributed by atoms with Gasteiger partial charge < -0.3 is 4.90 Å². The van der Waals surface area contributed by atoms with Crippen LogP contribution in [0.25, 0.3) is 0 Å². The Morgan fingerprint density at radius 3 is 2.25 bits per heavy atom. The molecule has 4 rings (SSSR count). The normalized spacial score (nSPS) is 23.0. The minimum absolute atomic E-state index is 0.00132. The Morgan fingerprint density at radius 1 is 0.929 bits per heavy atom. The van der Waals surface area contributed by atoms with Gasteiger partial charge in [0.05, 0.1) is 0 Å². The van der Waals surface area contributed by atoms with Crippen molar-refractivity contribution in [2.45, 2.75) is 44.9 Å². The van der Waals surface area contributed by atoms with Crippen LogP contribution in [0, 0.1) is 5.41 Å². The monoisotopic (exact) mass is 403 g/mol. The molecule has 0 unspecified atom stereocenters. The molecule has 2 aliphatic heterocycles. The van der Waals surface area contributed by atoms with Gasteiger partial charge >= 0.3 is 0 Å². The van der Waals surface area contributed by atoms with Crippen molar-refractivity contribution in [3.8, 4) is 0 Å². The van der Waals surface area contributed by atoms with Gasteiger partial charge in [-0.05, 0) is 49.4 Å². The number of piperazine rings is 1. The number of hydrogen-bond acceptors (Lipinski definition) is 4. The van der Waals surface area contributed by atoms with Crippen LogP contribution < -0.4 is 4.90 Å². The fourth-order valence-corrected chi connectivity index (χ4v) is 5.30. The van der Waals surface area contributed by atoms with Gasteiger partial charge in [-0.3, -0.25) is 19.4 Å². The largest absolute Gasteiger partial charge is 0.369 e. The lowest BCUT2D eigenvalue weighted by Crippen LogP contribution is -2.49. The number of benzene rings is 1. The van der Waals surface area contributed by atoms with Gasteiger partial charge in [0, 0.05) is 56.3 Å². The summed E-state index contributed by atoms with van der Waals surface area (Å²) in [4.78, 5) is 31.4. The molecule has 28 heavy (non-hydrogen) atoms. The van der Waals surface area contributed by atoms with Crippen molar-refractivity contribution in [1.29, 1.82) is 0 Å². The number of anilines is 1. The van der Waals surface area contributed by atoms with Crippen LogP contribution in [0.2, 0.25) is 5.02 Å². The Balaban J connectivity index is 1.21. The summed E-state index contributed by atoms with van der Waals surface area (Å²) in [5.74, 6) is 0.118. The average molecular weight is 404 g/mol. The maximum Gasteiger partial charge on any atom is 0.229 e. The fraction of sp³-hybridized carbons (Fsp3) is 0.636. The molecule has 1 aromatic rings. The number of carbonyl (C=O) groups excluding carboxylic acids is 2. The third kappa shape index (κ3) is 4.36. The summed E-state index contributed by atoms with van der Waals surface area (Å²) in [6, 6.07) is 8.01. The van der Waals surface area contributed by atoms with E-state index in [-0.39, 0.29) is 17.2 Å². The Bertz CT molecular complexity index is 704. The molecular weight excluding hydrogens is 374 g/mol. The number of piperidine rings is 1. The van der Waals surface area contributed by atoms with Gasteiger partial charge in [-0.2, -0.15) is 0 Å². The number of nitrogens with zero attached hydrogens (tertiary/aromatic N) is 3. The molecule has 152 valence electrons. The number of hydrogen-bond donors (Lipinski definition) is 0. The molecule has 3 fully saturated rings. The number of likely N-dealkylation sites (tertiary alicyclic amines) is 1. The van der Waals surface area contributed by atoms with Gasteiger partial charge in [-0.25, -0.2) is 0 Å². The Labute approximate surface area is 172 Å². The first-order chi connectivity index (χ1) is 13.5. The van der Waals surface area contributed by atoms with E-state index in [1.165, 1.54) is 23.4 Å². The number of amides is 2. The predicted molar refractivity (Wildman–Crippen MR) is 112 cm³/mol. The molecule has 1 aromatic carbocycles. The Kier molecular flexibility index (Phi) is 5.93. The van der Waals surface area contributed by atoms with E-state index in [4.69, 9.17) is 11.6 Å². The van der Waals surface area contributed by atoms with Crippen molar-refractivity contribution in [2.75, 3.05) is 44.2 Å². The highest BCUT2D eigenvalue weighted by atomic mass is 35.5. The first-order valence-electron chi connectivity index (χ1n) is 10.6. The molecule has 1 aliphatic carbocycles. The van der Waals surface area contributed by atoms with Gasteiger partial charge in [0.2, 0.25) is 11.8 Å². The Hall–Kier alpha value is -1.59. The van der Waals surface area contributed by atoms with Crippen LogP contribution in [0.3, 0.4) is 0 Å². The Morgan fingerprint density at radius 2 is 1.61 bits per heavy atom. The lowest BCUT2D eigenvalue weighted by molar-refractivity contribution is -0.153. The van der Waals surface area contributed by atoms with Crippen LogP contribution in [0.1, 0.15) is 44.9 Å². The van der Waals surface area contributed by atoms with Gasteiger partial charge in [-0.1, -0.05) is 30.5 Å². The van der Waals surface area contributed by atoms with Crippen LogP contribution in [0.15, 0.2) is 24.3 Å². The fourth-order valence-electron chi connectivity index (χ4n) is 5.12. The van der Waals surface area contributed by atoms with Gasteiger partial charge in [0.25, 0.3) is 0 Å². The molecule has 0 N–H and O–H groups in total. The average Bonchev–Trinajstić information content (AvgIpc) is 3.12. The van der Waals surface area contributed by atoms with E-state index in [1.54, 1.807) is 0 Å². The van der Waals surface area contributed by atoms with Crippen molar-refractivity contribution in [2.24, 2.45) is 5.41 Å². The van der Waals surface area contributed by atoms with E-state index >= 15 is 0 Å². The summed E-state index contributed by atoms with van der Waals surface area (Å²) in [6.45, 7) is 5.46. The quantitative estimate of drug-likeness (QED) is 0.705. The van der Waals surface area contributed by atoms with E-state index in [9.17, 15) is 9.59 Å². The van der Waals surface area contributed by atoms with E-state index in [1.807, 2.05) is 18.2 Å². The van der Waals surface area contributed by atoms with Crippen molar-refractivity contribution < 1.29 is 9.59 Å². The van der Waals surface area contributed by atoms with Crippen molar-refractivity contribution in [3.63, 3.8) is 0 Å². The van der Waals surface area contributed by atoms with Crippen molar-refractivity contribution >= 4 is 29.1 Å². The third-order valence-corrected chi connectivity index (χ3v) is 6.96.